The lowest BCUT2D eigenvalue weighted by Crippen LogP contribution is -2.24. The van der Waals surface area contributed by atoms with E-state index in [1.54, 1.807) is 12.1 Å². The van der Waals surface area contributed by atoms with Gasteiger partial charge in [-0.1, -0.05) is 42.3 Å². The second-order valence-corrected chi connectivity index (χ2v) is 6.71. The number of benzene rings is 2. The lowest BCUT2D eigenvalue weighted by molar-refractivity contribution is 0.269. The Kier molecular flexibility index (Phi) is 7.89. The largest absolute Gasteiger partial charge is 0.490 e. The zero-order valence-corrected chi connectivity index (χ0v) is 16.5. The highest BCUT2D eigenvalue weighted by molar-refractivity contribution is 6.35. The number of ether oxygens (including phenoxy) is 2. The lowest BCUT2D eigenvalue weighted by atomic mass is 10.1. The van der Waals surface area contributed by atoms with Crippen LogP contribution in [0.2, 0.25) is 10.0 Å². The summed E-state index contributed by atoms with van der Waals surface area (Å²) >= 11 is 12.4. The Hall–Kier alpha value is -1.42. The van der Waals surface area contributed by atoms with E-state index in [4.69, 9.17) is 32.7 Å². The van der Waals surface area contributed by atoms with Crippen LogP contribution in [-0.4, -0.2) is 12.6 Å². The topological polar surface area (TPSA) is 30.5 Å². The van der Waals surface area contributed by atoms with Gasteiger partial charge in [0.1, 0.15) is 6.61 Å². The average molecular weight is 382 g/mol. The van der Waals surface area contributed by atoms with Crippen molar-refractivity contribution in [3.8, 4) is 11.5 Å². The molecule has 5 heteroatoms. The average Bonchev–Trinajstić information content (AvgIpc) is 2.60. The molecule has 0 aliphatic carbocycles. The van der Waals surface area contributed by atoms with E-state index in [0.717, 1.165) is 29.8 Å². The monoisotopic (exact) mass is 381 g/mol. The van der Waals surface area contributed by atoms with Crippen molar-refractivity contribution in [1.82, 2.24) is 5.32 Å². The Balaban J connectivity index is 2.11. The molecule has 0 bridgehead atoms. The van der Waals surface area contributed by atoms with Gasteiger partial charge >= 0.3 is 0 Å². The molecule has 3 nitrogen and oxygen atoms in total. The van der Waals surface area contributed by atoms with Gasteiger partial charge < -0.3 is 14.8 Å². The molecule has 0 saturated carbocycles. The van der Waals surface area contributed by atoms with Crippen LogP contribution in [0.25, 0.3) is 0 Å². The van der Waals surface area contributed by atoms with E-state index in [2.05, 4.69) is 19.2 Å². The SMILES string of the molecule is CCOc1cc(CNC(C)CC)ccc1OCc1c(Cl)cccc1Cl. The molecule has 1 atom stereocenters. The van der Waals surface area contributed by atoms with Crippen molar-refractivity contribution in [2.24, 2.45) is 0 Å². The first-order valence-electron chi connectivity index (χ1n) is 8.59. The van der Waals surface area contributed by atoms with E-state index in [-0.39, 0.29) is 0 Å². The summed E-state index contributed by atoms with van der Waals surface area (Å²) in [5.74, 6) is 1.42. The molecule has 0 fully saturated rings. The van der Waals surface area contributed by atoms with Crippen molar-refractivity contribution in [1.29, 1.82) is 0 Å². The fourth-order valence-corrected chi connectivity index (χ4v) is 2.81. The van der Waals surface area contributed by atoms with E-state index in [9.17, 15) is 0 Å². The lowest BCUT2D eigenvalue weighted by Gasteiger charge is -2.16. The second kappa shape index (κ2) is 9.91. The van der Waals surface area contributed by atoms with Gasteiger partial charge in [0.05, 0.1) is 6.61 Å². The molecule has 2 aromatic carbocycles. The number of hydrogen-bond donors (Lipinski definition) is 1. The van der Waals surface area contributed by atoms with Gasteiger partial charge in [-0.25, -0.2) is 0 Å². The summed E-state index contributed by atoms with van der Waals surface area (Å²) in [6.07, 6.45) is 1.10. The van der Waals surface area contributed by atoms with Crippen LogP contribution < -0.4 is 14.8 Å². The van der Waals surface area contributed by atoms with E-state index < -0.39 is 0 Å². The molecule has 0 amide bonds. The van der Waals surface area contributed by atoms with Crippen LogP contribution in [0, 0.1) is 0 Å². The Bertz CT molecular complexity index is 671. The highest BCUT2D eigenvalue weighted by atomic mass is 35.5. The van der Waals surface area contributed by atoms with Gasteiger partial charge in [-0.2, -0.15) is 0 Å². The zero-order chi connectivity index (χ0) is 18.2. The van der Waals surface area contributed by atoms with Crippen molar-refractivity contribution in [2.45, 2.75) is 46.4 Å². The first-order chi connectivity index (χ1) is 12.0. The van der Waals surface area contributed by atoms with Crippen molar-refractivity contribution in [3.63, 3.8) is 0 Å². The standard InChI is InChI=1S/C20H25Cl2NO2/c1-4-14(3)23-12-15-9-10-19(20(11-15)24-5-2)25-13-16-17(21)7-6-8-18(16)22/h6-11,14,23H,4-5,12-13H2,1-3H3. The van der Waals surface area contributed by atoms with Crippen LogP contribution in [0.1, 0.15) is 38.3 Å². The van der Waals surface area contributed by atoms with Crippen LogP contribution in [-0.2, 0) is 13.2 Å². The number of rotatable bonds is 9. The molecule has 0 aromatic heterocycles. The maximum absolute atomic E-state index is 6.20. The quantitative estimate of drug-likeness (QED) is 0.589. The molecule has 25 heavy (non-hydrogen) atoms. The van der Waals surface area contributed by atoms with E-state index in [0.29, 0.717) is 35.1 Å². The molecule has 2 aromatic rings. The molecule has 0 aliphatic heterocycles. The third-order valence-corrected chi connectivity index (χ3v) is 4.72. The molecule has 0 aliphatic rings. The van der Waals surface area contributed by atoms with Gasteiger partial charge in [-0.05, 0) is 50.1 Å². The van der Waals surface area contributed by atoms with E-state index in [1.165, 1.54) is 0 Å². The third-order valence-electron chi connectivity index (χ3n) is 4.01. The second-order valence-electron chi connectivity index (χ2n) is 5.89. The van der Waals surface area contributed by atoms with Crippen LogP contribution >= 0.6 is 23.2 Å². The van der Waals surface area contributed by atoms with Gasteiger partial charge in [-0.3, -0.25) is 0 Å². The summed E-state index contributed by atoms with van der Waals surface area (Å²) in [5, 5.41) is 4.67. The fraction of sp³-hybridized carbons (Fsp3) is 0.400. The summed E-state index contributed by atoms with van der Waals surface area (Å²) in [6, 6.07) is 11.9. The number of hydrogen-bond acceptors (Lipinski definition) is 3. The number of nitrogens with one attached hydrogen (secondary N) is 1. The van der Waals surface area contributed by atoms with Crippen LogP contribution in [0.5, 0.6) is 11.5 Å². The highest BCUT2D eigenvalue weighted by Crippen LogP contribution is 2.31. The summed E-state index contributed by atoms with van der Waals surface area (Å²) in [6.45, 7) is 7.97. The van der Waals surface area contributed by atoms with Crippen LogP contribution in [0.15, 0.2) is 36.4 Å². The first-order valence-corrected chi connectivity index (χ1v) is 9.35. The smallest absolute Gasteiger partial charge is 0.161 e. The van der Waals surface area contributed by atoms with E-state index in [1.807, 2.05) is 31.2 Å². The highest BCUT2D eigenvalue weighted by Gasteiger charge is 2.11. The zero-order valence-electron chi connectivity index (χ0n) is 14.9. The Morgan fingerprint density at radius 1 is 1.00 bits per heavy atom. The van der Waals surface area contributed by atoms with Crippen molar-refractivity contribution >= 4 is 23.2 Å². The Morgan fingerprint density at radius 3 is 2.36 bits per heavy atom. The summed E-state index contributed by atoms with van der Waals surface area (Å²) in [5.41, 5.74) is 1.93. The van der Waals surface area contributed by atoms with Crippen molar-refractivity contribution < 1.29 is 9.47 Å². The Morgan fingerprint density at radius 2 is 1.72 bits per heavy atom. The molecule has 1 N–H and O–H groups in total. The van der Waals surface area contributed by atoms with Gasteiger partial charge in [0.2, 0.25) is 0 Å². The van der Waals surface area contributed by atoms with Gasteiger partial charge in [-0.15, -0.1) is 0 Å². The predicted octanol–water partition coefficient (Wildman–Crippen LogP) is 5.86. The maximum Gasteiger partial charge on any atom is 0.161 e. The molecule has 0 saturated heterocycles. The van der Waals surface area contributed by atoms with Gasteiger partial charge in [0.15, 0.2) is 11.5 Å². The summed E-state index contributed by atoms with van der Waals surface area (Å²) < 4.78 is 11.7. The molecule has 0 heterocycles. The van der Waals surface area contributed by atoms with Crippen LogP contribution in [0.4, 0.5) is 0 Å². The van der Waals surface area contributed by atoms with Crippen molar-refractivity contribution in [2.75, 3.05) is 6.61 Å². The molecule has 0 spiro atoms. The minimum Gasteiger partial charge on any atom is -0.490 e. The summed E-state index contributed by atoms with van der Waals surface area (Å²) in [7, 11) is 0. The maximum atomic E-state index is 6.20. The first kappa shape index (κ1) is 19.9. The predicted molar refractivity (Wildman–Crippen MR) is 105 cm³/mol. The fourth-order valence-electron chi connectivity index (χ4n) is 2.31. The number of halogens is 2. The Labute approximate surface area is 160 Å². The molecular formula is C20H25Cl2NO2. The molecular weight excluding hydrogens is 357 g/mol. The minimum atomic E-state index is 0.295. The van der Waals surface area contributed by atoms with Crippen molar-refractivity contribution in [3.05, 3.63) is 57.6 Å². The molecule has 2 rings (SSSR count). The van der Waals surface area contributed by atoms with E-state index >= 15 is 0 Å². The molecule has 0 radical (unpaired) electrons. The normalized spacial score (nSPS) is 12.0. The van der Waals surface area contributed by atoms with Gasteiger partial charge in [0, 0.05) is 28.2 Å². The summed E-state index contributed by atoms with van der Waals surface area (Å²) in [4.78, 5) is 0. The van der Waals surface area contributed by atoms with Crippen LogP contribution in [0.3, 0.4) is 0 Å². The molecule has 1 unspecified atom stereocenters. The minimum absolute atomic E-state index is 0.295. The third kappa shape index (κ3) is 5.81. The molecule has 136 valence electrons. The van der Waals surface area contributed by atoms with Gasteiger partial charge in [0.25, 0.3) is 0 Å².